The van der Waals surface area contributed by atoms with Crippen LogP contribution in [0.4, 0.5) is 5.69 Å². The molecular formula is C11H16ClN3OS. The summed E-state index contributed by atoms with van der Waals surface area (Å²) in [6.07, 6.45) is 4.21. The highest BCUT2D eigenvalue weighted by Gasteiger charge is 2.19. The van der Waals surface area contributed by atoms with Gasteiger partial charge in [-0.3, -0.25) is 9.78 Å². The van der Waals surface area contributed by atoms with Crippen LogP contribution in [-0.2, 0) is 0 Å². The lowest BCUT2D eigenvalue weighted by molar-refractivity contribution is 0.0769. The van der Waals surface area contributed by atoms with Gasteiger partial charge in [-0.25, -0.2) is 0 Å². The van der Waals surface area contributed by atoms with Crippen molar-refractivity contribution in [3.05, 3.63) is 24.0 Å². The molecule has 1 amide bonds. The minimum atomic E-state index is 0. The van der Waals surface area contributed by atoms with Crippen molar-refractivity contribution in [3.63, 3.8) is 0 Å². The number of thioether (sulfide) groups is 1. The molecular weight excluding hydrogens is 258 g/mol. The third kappa shape index (κ3) is 3.51. The van der Waals surface area contributed by atoms with Crippen LogP contribution in [0.25, 0.3) is 0 Å². The number of rotatable bonds is 1. The fourth-order valence-corrected chi connectivity index (χ4v) is 2.59. The lowest BCUT2D eigenvalue weighted by Gasteiger charge is -2.20. The second-order valence-corrected chi connectivity index (χ2v) is 4.95. The van der Waals surface area contributed by atoms with Crippen LogP contribution in [0, 0.1) is 0 Å². The lowest BCUT2D eigenvalue weighted by atomic mass is 10.2. The molecule has 94 valence electrons. The van der Waals surface area contributed by atoms with Gasteiger partial charge in [0.2, 0.25) is 0 Å². The average Bonchev–Trinajstić information content (AvgIpc) is 2.57. The summed E-state index contributed by atoms with van der Waals surface area (Å²) in [5.74, 6) is 2.14. The predicted molar refractivity (Wildman–Crippen MR) is 73.7 cm³/mol. The minimum absolute atomic E-state index is 0. The Morgan fingerprint density at radius 2 is 2.24 bits per heavy atom. The van der Waals surface area contributed by atoms with Crippen LogP contribution < -0.4 is 5.73 Å². The molecule has 0 bridgehead atoms. The molecule has 4 nitrogen and oxygen atoms in total. The topological polar surface area (TPSA) is 59.2 Å². The first-order valence-corrected chi connectivity index (χ1v) is 6.51. The van der Waals surface area contributed by atoms with Gasteiger partial charge in [0.15, 0.2) is 0 Å². The van der Waals surface area contributed by atoms with Gasteiger partial charge < -0.3 is 10.6 Å². The van der Waals surface area contributed by atoms with E-state index in [0.717, 1.165) is 31.0 Å². The fraction of sp³-hybridized carbons (Fsp3) is 0.455. The molecule has 1 aromatic heterocycles. The maximum absolute atomic E-state index is 12.2. The number of nitrogens with two attached hydrogens (primary N) is 1. The van der Waals surface area contributed by atoms with Gasteiger partial charge in [-0.1, -0.05) is 0 Å². The molecule has 6 heteroatoms. The number of hydrogen-bond acceptors (Lipinski definition) is 4. The molecule has 2 heterocycles. The van der Waals surface area contributed by atoms with Gasteiger partial charge in [0, 0.05) is 36.9 Å². The molecule has 0 aromatic carbocycles. The smallest absolute Gasteiger partial charge is 0.257 e. The van der Waals surface area contributed by atoms with E-state index in [2.05, 4.69) is 4.98 Å². The van der Waals surface area contributed by atoms with E-state index in [1.165, 1.54) is 0 Å². The molecule has 0 aliphatic carbocycles. The normalized spacial score (nSPS) is 15.9. The molecule has 1 aromatic rings. The molecule has 1 aliphatic rings. The minimum Gasteiger partial charge on any atom is -0.398 e. The zero-order chi connectivity index (χ0) is 11.4. The summed E-state index contributed by atoms with van der Waals surface area (Å²) in [5, 5.41) is 0. The number of anilines is 1. The zero-order valence-electron chi connectivity index (χ0n) is 9.46. The van der Waals surface area contributed by atoms with Gasteiger partial charge in [-0.2, -0.15) is 11.8 Å². The van der Waals surface area contributed by atoms with Crippen molar-refractivity contribution in [2.45, 2.75) is 6.42 Å². The Labute approximate surface area is 111 Å². The molecule has 17 heavy (non-hydrogen) atoms. The highest BCUT2D eigenvalue weighted by molar-refractivity contribution is 7.99. The van der Waals surface area contributed by atoms with E-state index in [1.54, 1.807) is 18.5 Å². The molecule has 0 radical (unpaired) electrons. The summed E-state index contributed by atoms with van der Waals surface area (Å²) in [5.41, 5.74) is 6.81. The van der Waals surface area contributed by atoms with Crippen LogP contribution in [-0.4, -0.2) is 40.4 Å². The molecule has 2 rings (SSSR count). The van der Waals surface area contributed by atoms with Gasteiger partial charge in [-0.15, -0.1) is 12.4 Å². The standard InChI is InChI=1S/C11H15N3OS.ClH/c12-10-2-3-13-8-9(10)11(15)14-4-1-6-16-7-5-14;/h2-3,8H,1,4-7H2,(H2,12,13);1H. The van der Waals surface area contributed by atoms with E-state index in [9.17, 15) is 4.79 Å². The Morgan fingerprint density at radius 1 is 1.41 bits per heavy atom. The number of halogens is 1. The van der Waals surface area contributed by atoms with E-state index in [1.807, 2.05) is 16.7 Å². The summed E-state index contributed by atoms with van der Waals surface area (Å²) < 4.78 is 0. The Hall–Kier alpha value is -0.940. The van der Waals surface area contributed by atoms with E-state index in [0.29, 0.717) is 11.3 Å². The SMILES string of the molecule is Cl.Nc1ccncc1C(=O)N1CCCSCC1. The number of hydrogen-bond donors (Lipinski definition) is 1. The van der Waals surface area contributed by atoms with E-state index in [-0.39, 0.29) is 18.3 Å². The first-order valence-electron chi connectivity index (χ1n) is 5.35. The lowest BCUT2D eigenvalue weighted by Crippen LogP contribution is -2.33. The maximum Gasteiger partial charge on any atom is 0.257 e. The summed E-state index contributed by atoms with van der Waals surface area (Å²) in [6, 6.07) is 1.67. The number of nitrogen functional groups attached to an aromatic ring is 1. The fourth-order valence-electron chi connectivity index (χ4n) is 1.70. The molecule has 0 spiro atoms. The van der Waals surface area contributed by atoms with Crippen LogP contribution >= 0.6 is 24.2 Å². The molecule has 1 aliphatic heterocycles. The highest BCUT2D eigenvalue weighted by Crippen LogP contribution is 2.16. The Balaban J connectivity index is 0.00000144. The van der Waals surface area contributed by atoms with Crippen molar-refractivity contribution in [1.82, 2.24) is 9.88 Å². The van der Waals surface area contributed by atoms with Crippen molar-refractivity contribution in [1.29, 1.82) is 0 Å². The zero-order valence-corrected chi connectivity index (χ0v) is 11.1. The van der Waals surface area contributed by atoms with Crippen LogP contribution in [0.3, 0.4) is 0 Å². The largest absolute Gasteiger partial charge is 0.398 e. The van der Waals surface area contributed by atoms with Gasteiger partial charge in [0.05, 0.1) is 5.56 Å². The first kappa shape index (κ1) is 14.1. The molecule has 0 atom stereocenters. The van der Waals surface area contributed by atoms with Crippen molar-refractivity contribution in [2.24, 2.45) is 0 Å². The van der Waals surface area contributed by atoms with Gasteiger partial charge in [-0.05, 0) is 18.2 Å². The Bertz CT molecular complexity index is 381. The molecule has 1 fully saturated rings. The van der Waals surface area contributed by atoms with Crippen molar-refractivity contribution < 1.29 is 4.79 Å². The van der Waals surface area contributed by atoms with E-state index in [4.69, 9.17) is 5.73 Å². The molecule has 1 saturated heterocycles. The molecule has 0 saturated carbocycles. The summed E-state index contributed by atoms with van der Waals surface area (Å²) >= 11 is 1.90. The Morgan fingerprint density at radius 3 is 3.00 bits per heavy atom. The van der Waals surface area contributed by atoms with Crippen LogP contribution in [0.1, 0.15) is 16.8 Å². The van der Waals surface area contributed by atoms with Crippen LogP contribution in [0.5, 0.6) is 0 Å². The summed E-state index contributed by atoms with van der Waals surface area (Å²) in [4.78, 5) is 18.0. The van der Waals surface area contributed by atoms with Gasteiger partial charge in [0.25, 0.3) is 5.91 Å². The maximum atomic E-state index is 12.2. The number of carbonyl (C=O) groups is 1. The summed E-state index contributed by atoms with van der Waals surface area (Å²) in [7, 11) is 0. The second kappa shape index (κ2) is 6.71. The van der Waals surface area contributed by atoms with Gasteiger partial charge in [0.1, 0.15) is 0 Å². The van der Waals surface area contributed by atoms with Gasteiger partial charge >= 0.3 is 0 Å². The number of amides is 1. The number of aromatic nitrogens is 1. The van der Waals surface area contributed by atoms with Crippen LogP contribution in [0.15, 0.2) is 18.5 Å². The monoisotopic (exact) mass is 273 g/mol. The predicted octanol–water partition coefficient (Wildman–Crippen LogP) is 1.66. The Kier molecular flexibility index (Phi) is 5.58. The van der Waals surface area contributed by atoms with Crippen LogP contribution in [0.2, 0.25) is 0 Å². The average molecular weight is 274 g/mol. The first-order chi connectivity index (χ1) is 7.79. The van der Waals surface area contributed by atoms with Crippen molar-refractivity contribution in [2.75, 3.05) is 30.3 Å². The second-order valence-electron chi connectivity index (χ2n) is 3.72. The number of nitrogens with zero attached hydrogens (tertiary/aromatic N) is 2. The molecule has 0 unspecified atom stereocenters. The number of carbonyl (C=O) groups excluding carboxylic acids is 1. The van der Waals surface area contributed by atoms with Crippen molar-refractivity contribution >= 4 is 35.8 Å². The highest BCUT2D eigenvalue weighted by atomic mass is 35.5. The third-order valence-electron chi connectivity index (χ3n) is 2.59. The third-order valence-corrected chi connectivity index (χ3v) is 3.64. The van der Waals surface area contributed by atoms with Crippen molar-refractivity contribution in [3.8, 4) is 0 Å². The number of pyridine rings is 1. The molecule has 2 N–H and O–H groups in total. The van der Waals surface area contributed by atoms with E-state index >= 15 is 0 Å². The van der Waals surface area contributed by atoms with E-state index < -0.39 is 0 Å². The quantitative estimate of drug-likeness (QED) is 0.846. The summed E-state index contributed by atoms with van der Waals surface area (Å²) in [6.45, 7) is 1.62.